The second-order valence-corrected chi connectivity index (χ2v) is 14.9. The normalized spacial score (nSPS) is 17.6. The minimum atomic E-state index is -0.0519. The van der Waals surface area contributed by atoms with Crippen molar-refractivity contribution in [3.8, 4) is 11.1 Å². The molecule has 248 valence electrons. The van der Waals surface area contributed by atoms with Crippen molar-refractivity contribution in [2.24, 2.45) is 0 Å². The van der Waals surface area contributed by atoms with Crippen LogP contribution in [0.3, 0.4) is 0 Å². The van der Waals surface area contributed by atoms with Crippen molar-refractivity contribution < 1.29 is 8.83 Å². The van der Waals surface area contributed by atoms with Crippen LogP contribution in [0.4, 0.5) is 11.4 Å². The lowest BCUT2D eigenvalue weighted by molar-refractivity contribution is 0.580. The first-order chi connectivity index (χ1) is 25.5. The van der Waals surface area contributed by atoms with E-state index in [1.165, 1.54) is 44.0 Å². The molecule has 0 aliphatic heterocycles. The lowest BCUT2D eigenvalue weighted by Crippen LogP contribution is -2.37. The summed E-state index contributed by atoms with van der Waals surface area (Å²) >= 11 is 0. The van der Waals surface area contributed by atoms with Gasteiger partial charge in [0.1, 0.15) is 22.3 Å². The lowest BCUT2D eigenvalue weighted by Gasteiger charge is -2.39. The Morgan fingerprint density at radius 3 is 2.13 bits per heavy atom. The number of hydrogen-bond donors (Lipinski definition) is 0. The highest BCUT2D eigenvalue weighted by atomic mass is 16.3. The number of rotatable bonds is 4. The second kappa shape index (κ2) is 10.8. The van der Waals surface area contributed by atoms with Crippen LogP contribution in [0.15, 0.2) is 178 Å². The lowest BCUT2D eigenvalue weighted by atomic mass is 9.77. The van der Waals surface area contributed by atoms with Gasteiger partial charge in [-0.15, -0.1) is 0 Å². The fraction of sp³-hybridized carbons (Fsp3) is 0.102. The van der Waals surface area contributed by atoms with Gasteiger partial charge in [-0.3, -0.25) is 0 Å². The second-order valence-electron chi connectivity index (χ2n) is 14.9. The van der Waals surface area contributed by atoms with E-state index in [1.807, 2.05) is 6.07 Å². The molecule has 3 heteroatoms. The van der Waals surface area contributed by atoms with Gasteiger partial charge in [0, 0.05) is 50.3 Å². The van der Waals surface area contributed by atoms with Crippen LogP contribution in [0.25, 0.3) is 65.8 Å². The van der Waals surface area contributed by atoms with Crippen molar-refractivity contribution >= 4 is 66.0 Å². The van der Waals surface area contributed by atoms with E-state index in [9.17, 15) is 0 Å². The van der Waals surface area contributed by atoms with E-state index in [-0.39, 0.29) is 17.4 Å². The number of benzene rings is 7. The summed E-state index contributed by atoms with van der Waals surface area (Å²) in [5, 5.41) is 7.03. The molecule has 0 spiro atoms. The third kappa shape index (κ3) is 4.20. The van der Waals surface area contributed by atoms with Gasteiger partial charge in [0.05, 0.1) is 6.04 Å². The first-order valence-corrected chi connectivity index (χ1v) is 18.2. The zero-order chi connectivity index (χ0) is 34.6. The molecule has 52 heavy (non-hydrogen) atoms. The van der Waals surface area contributed by atoms with Gasteiger partial charge in [0.2, 0.25) is 0 Å². The number of para-hydroxylation sites is 1. The van der Waals surface area contributed by atoms with Gasteiger partial charge in [-0.05, 0) is 81.6 Å². The summed E-state index contributed by atoms with van der Waals surface area (Å²) in [6.45, 7) is 4.74. The molecule has 0 N–H and O–H groups in total. The molecule has 0 amide bonds. The van der Waals surface area contributed by atoms with Gasteiger partial charge in [0.15, 0.2) is 0 Å². The van der Waals surface area contributed by atoms with E-state index in [0.717, 1.165) is 49.9 Å². The number of hydrogen-bond acceptors (Lipinski definition) is 3. The van der Waals surface area contributed by atoms with Gasteiger partial charge >= 0.3 is 0 Å². The van der Waals surface area contributed by atoms with Gasteiger partial charge in [0.25, 0.3) is 0 Å². The predicted molar refractivity (Wildman–Crippen MR) is 216 cm³/mol. The van der Waals surface area contributed by atoms with Gasteiger partial charge in [-0.1, -0.05) is 129 Å². The Balaban J connectivity index is 1.06. The van der Waals surface area contributed by atoms with Crippen LogP contribution in [0.5, 0.6) is 0 Å². The van der Waals surface area contributed by atoms with E-state index < -0.39 is 0 Å². The SMILES string of the molecule is CC1(C)C2=CC=CC(N(c3ccc(-c4ccc5oc6ccc7ccccc7c6c5c4)cc3)c3ccc4c(c3)oc3ccccc34)C2c2ccccc21. The van der Waals surface area contributed by atoms with Crippen LogP contribution >= 0.6 is 0 Å². The van der Waals surface area contributed by atoms with Gasteiger partial charge in [-0.25, -0.2) is 0 Å². The summed E-state index contributed by atoms with van der Waals surface area (Å²) in [5.74, 6) is 0.217. The highest BCUT2D eigenvalue weighted by Gasteiger charge is 2.46. The Morgan fingerprint density at radius 1 is 0.538 bits per heavy atom. The number of nitrogens with zero attached hydrogens (tertiary/aromatic N) is 1. The molecule has 0 fully saturated rings. The maximum Gasteiger partial charge on any atom is 0.137 e. The smallest absolute Gasteiger partial charge is 0.137 e. The maximum atomic E-state index is 6.44. The molecule has 0 saturated carbocycles. The number of furan rings is 2. The van der Waals surface area contributed by atoms with Crippen molar-refractivity contribution in [3.05, 3.63) is 181 Å². The molecule has 2 unspecified atom stereocenters. The van der Waals surface area contributed by atoms with Crippen LogP contribution in [0.1, 0.15) is 30.9 Å². The number of allylic oxidation sites excluding steroid dienone is 2. The Labute approximate surface area is 301 Å². The molecule has 0 saturated heterocycles. The standard InChI is InChI=1S/C49H35NO2/c1-49(2)40-14-7-5-13-38(40)48-41(49)15-9-16-42(48)50(34-24-25-37-36-12-6-8-17-43(36)52-46(37)29-34)33-22-18-30(19-23-33)32-21-26-44-39(28-32)47-35-11-4-3-10-31(35)20-27-45(47)51-44/h3-29,42,48H,1-2H3. The van der Waals surface area contributed by atoms with Crippen molar-refractivity contribution in [1.82, 2.24) is 0 Å². The first-order valence-electron chi connectivity index (χ1n) is 18.2. The first kappa shape index (κ1) is 29.4. The van der Waals surface area contributed by atoms with Crippen LogP contribution in [0.2, 0.25) is 0 Å². The quantitative estimate of drug-likeness (QED) is 0.187. The minimum Gasteiger partial charge on any atom is -0.456 e. The van der Waals surface area contributed by atoms with Crippen molar-refractivity contribution in [2.75, 3.05) is 4.90 Å². The minimum absolute atomic E-state index is 0.0519. The Morgan fingerprint density at radius 2 is 1.23 bits per heavy atom. The highest BCUT2D eigenvalue weighted by molar-refractivity contribution is 6.19. The van der Waals surface area contributed by atoms with Crippen molar-refractivity contribution in [3.63, 3.8) is 0 Å². The molecule has 2 atom stereocenters. The van der Waals surface area contributed by atoms with E-state index in [0.29, 0.717) is 0 Å². The fourth-order valence-corrected chi connectivity index (χ4v) is 9.25. The predicted octanol–water partition coefficient (Wildman–Crippen LogP) is 13.4. The average Bonchev–Trinajstić information content (AvgIpc) is 3.83. The van der Waals surface area contributed by atoms with Crippen LogP contribution in [-0.4, -0.2) is 6.04 Å². The molecular weight excluding hydrogens is 635 g/mol. The Kier molecular flexibility index (Phi) is 6.13. The molecule has 0 radical (unpaired) electrons. The van der Waals surface area contributed by atoms with Crippen molar-refractivity contribution in [1.29, 1.82) is 0 Å². The van der Waals surface area contributed by atoms with Crippen LogP contribution < -0.4 is 4.90 Å². The van der Waals surface area contributed by atoms with Crippen LogP contribution in [-0.2, 0) is 5.41 Å². The molecule has 2 heterocycles. The molecule has 2 aliphatic rings. The van der Waals surface area contributed by atoms with E-state index >= 15 is 0 Å². The topological polar surface area (TPSA) is 29.5 Å². The summed E-state index contributed by atoms with van der Waals surface area (Å²) in [6, 6.07) is 52.5. The van der Waals surface area contributed by atoms with Crippen molar-refractivity contribution in [2.45, 2.75) is 31.2 Å². The average molecular weight is 670 g/mol. The summed E-state index contributed by atoms with van der Waals surface area (Å²) in [6.07, 6.45) is 6.99. The van der Waals surface area contributed by atoms with Crippen LogP contribution in [0, 0.1) is 0 Å². The van der Waals surface area contributed by atoms with E-state index in [4.69, 9.17) is 8.83 Å². The molecule has 0 bridgehead atoms. The summed E-state index contributed by atoms with van der Waals surface area (Å²) in [4.78, 5) is 2.52. The summed E-state index contributed by atoms with van der Waals surface area (Å²) < 4.78 is 12.8. The molecule has 2 aliphatic carbocycles. The van der Waals surface area contributed by atoms with Gasteiger partial charge < -0.3 is 13.7 Å². The number of fused-ring (bicyclic) bond motifs is 11. The zero-order valence-electron chi connectivity index (χ0n) is 29.0. The Hall–Kier alpha value is -6.32. The number of anilines is 2. The molecule has 2 aromatic heterocycles. The third-order valence-corrected chi connectivity index (χ3v) is 11.7. The highest BCUT2D eigenvalue weighted by Crippen LogP contribution is 2.55. The third-order valence-electron chi connectivity index (χ3n) is 11.7. The Bertz CT molecular complexity index is 2950. The van der Waals surface area contributed by atoms with Gasteiger partial charge in [-0.2, -0.15) is 0 Å². The zero-order valence-corrected chi connectivity index (χ0v) is 29.0. The largest absolute Gasteiger partial charge is 0.456 e. The molecule has 3 nitrogen and oxygen atoms in total. The van der Waals surface area contributed by atoms with E-state index in [1.54, 1.807) is 0 Å². The maximum absolute atomic E-state index is 6.44. The summed E-state index contributed by atoms with van der Waals surface area (Å²) in [5.41, 5.74) is 12.4. The molecular formula is C49H35NO2. The van der Waals surface area contributed by atoms with E-state index in [2.05, 4.69) is 177 Å². The molecule has 11 rings (SSSR count). The fourth-order valence-electron chi connectivity index (χ4n) is 9.25. The molecule has 9 aromatic rings. The molecule has 7 aromatic carbocycles. The monoisotopic (exact) mass is 669 g/mol. The summed E-state index contributed by atoms with van der Waals surface area (Å²) in [7, 11) is 0.